The predicted molar refractivity (Wildman–Crippen MR) is 50.5 cm³/mol. The molecule has 3 atom stereocenters. The zero-order valence-electron chi connectivity index (χ0n) is 8.86. The molecule has 17 heavy (non-hydrogen) atoms. The van der Waals surface area contributed by atoms with Gasteiger partial charge >= 0.3 is 11.9 Å². The summed E-state index contributed by atoms with van der Waals surface area (Å²) in [7, 11) is 0. The van der Waals surface area contributed by atoms with E-state index >= 15 is 0 Å². The molecule has 0 amide bonds. The third kappa shape index (κ3) is 1.69. The second-order valence-electron chi connectivity index (χ2n) is 4.20. The van der Waals surface area contributed by atoms with Crippen LogP contribution in [0.1, 0.15) is 13.3 Å². The average molecular weight is 252 g/mol. The molecule has 0 aliphatic heterocycles. The predicted octanol–water partition coefficient (Wildman–Crippen LogP) is 1.71. The molecular formula is C10H11F3O4. The fourth-order valence-corrected chi connectivity index (χ4v) is 1.89. The smallest absolute Gasteiger partial charge is 0.318 e. The van der Waals surface area contributed by atoms with E-state index in [0.717, 1.165) is 19.1 Å². The van der Waals surface area contributed by atoms with Crippen molar-refractivity contribution in [1.82, 2.24) is 0 Å². The summed E-state index contributed by atoms with van der Waals surface area (Å²) >= 11 is 0. The lowest BCUT2D eigenvalue weighted by Gasteiger charge is -2.40. The van der Waals surface area contributed by atoms with Crippen LogP contribution in [0.15, 0.2) is 12.2 Å². The molecule has 4 nitrogen and oxygen atoms in total. The third-order valence-corrected chi connectivity index (χ3v) is 3.15. The first-order valence-corrected chi connectivity index (χ1v) is 4.76. The van der Waals surface area contributed by atoms with Crippen LogP contribution >= 0.6 is 0 Å². The van der Waals surface area contributed by atoms with E-state index in [1.807, 2.05) is 0 Å². The fourth-order valence-electron chi connectivity index (χ4n) is 1.89. The summed E-state index contributed by atoms with van der Waals surface area (Å²) < 4.78 is 39.7. The third-order valence-electron chi connectivity index (χ3n) is 3.15. The molecule has 0 heterocycles. The summed E-state index contributed by atoms with van der Waals surface area (Å²) in [5, 5.41) is 17.6. The molecular weight excluding hydrogens is 241 g/mol. The van der Waals surface area contributed by atoms with Gasteiger partial charge in [0.2, 0.25) is 0 Å². The molecule has 7 heteroatoms. The first-order chi connectivity index (χ1) is 7.69. The summed E-state index contributed by atoms with van der Waals surface area (Å²) in [5.41, 5.74) is -5.26. The number of hydrogen-bond acceptors (Lipinski definition) is 2. The first kappa shape index (κ1) is 13.5. The van der Waals surface area contributed by atoms with Crippen molar-refractivity contribution >= 4 is 11.9 Å². The van der Waals surface area contributed by atoms with Gasteiger partial charge in [0, 0.05) is 0 Å². The van der Waals surface area contributed by atoms with E-state index in [1.165, 1.54) is 0 Å². The summed E-state index contributed by atoms with van der Waals surface area (Å²) in [6.45, 7) is 0.885. The number of allylic oxidation sites excluding steroid dienone is 1. The quantitative estimate of drug-likeness (QED) is 0.750. The Morgan fingerprint density at radius 2 is 1.88 bits per heavy atom. The molecule has 0 bridgehead atoms. The maximum Gasteiger partial charge on any atom is 0.318 e. The zero-order valence-corrected chi connectivity index (χ0v) is 8.86. The van der Waals surface area contributed by atoms with Crippen molar-refractivity contribution in [2.45, 2.75) is 25.9 Å². The highest BCUT2D eigenvalue weighted by Crippen LogP contribution is 2.48. The highest BCUT2D eigenvalue weighted by Gasteiger charge is 2.63. The summed E-state index contributed by atoms with van der Waals surface area (Å²) in [6, 6.07) is 0. The maximum atomic E-state index is 14.0. The fraction of sp³-hybridized carbons (Fsp3) is 0.600. The highest BCUT2D eigenvalue weighted by molar-refractivity contribution is 5.83. The van der Waals surface area contributed by atoms with Gasteiger partial charge in [0.25, 0.3) is 6.43 Å². The Labute approximate surface area is 94.7 Å². The van der Waals surface area contributed by atoms with Gasteiger partial charge < -0.3 is 10.2 Å². The SMILES string of the molecule is CC1(C(=O)O)C=CCC(C(=O)O)(C(F)F)C1F. The molecule has 0 aromatic carbocycles. The van der Waals surface area contributed by atoms with Crippen LogP contribution < -0.4 is 0 Å². The first-order valence-electron chi connectivity index (χ1n) is 4.76. The zero-order chi connectivity index (χ0) is 13.4. The summed E-state index contributed by atoms with van der Waals surface area (Å²) in [6.07, 6.45) is -5.02. The van der Waals surface area contributed by atoms with Crippen molar-refractivity contribution < 1.29 is 33.0 Å². The van der Waals surface area contributed by atoms with Crippen LogP contribution in [-0.2, 0) is 9.59 Å². The van der Waals surface area contributed by atoms with Gasteiger partial charge in [-0.05, 0) is 13.3 Å². The van der Waals surface area contributed by atoms with Gasteiger partial charge in [-0.15, -0.1) is 0 Å². The number of carbonyl (C=O) groups is 2. The van der Waals surface area contributed by atoms with Gasteiger partial charge in [0.1, 0.15) is 11.6 Å². The van der Waals surface area contributed by atoms with Gasteiger partial charge in [0.05, 0.1) is 0 Å². The number of hydrogen-bond donors (Lipinski definition) is 2. The average Bonchev–Trinajstić information content (AvgIpc) is 2.21. The number of rotatable bonds is 3. The van der Waals surface area contributed by atoms with Crippen LogP contribution in [0.5, 0.6) is 0 Å². The molecule has 0 saturated heterocycles. The van der Waals surface area contributed by atoms with E-state index in [0.29, 0.717) is 0 Å². The molecule has 2 N–H and O–H groups in total. The lowest BCUT2D eigenvalue weighted by Crippen LogP contribution is -2.56. The van der Waals surface area contributed by atoms with Crippen LogP contribution in [0.25, 0.3) is 0 Å². The number of carboxylic acids is 2. The standard InChI is InChI=1S/C10H11F3O4/c1-9(7(14)15)3-2-4-10(5(9)11,6(12)13)8(16)17/h2-3,5-6H,4H2,1H3,(H,14,15)(H,16,17). The van der Waals surface area contributed by atoms with Gasteiger partial charge in [-0.25, -0.2) is 13.2 Å². The normalized spacial score (nSPS) is 37.1. The van der Waals surface area contributed by atoms with Crippen molar-refractivity contribution in [3.05, 3.63) is 12.2 Å². The number of halogens is 3. The second-order valence-corrected chi connectivity index (χ2v) is 4.20. The van der Waals surface area contributed by atoms with E-state index in [-0.39, 0.29) is 0 Å². The molecule has 0 radical (unpaired) electrons. The lowest BCUT2D eigenvalue weighted by atomic mass is 9.64. The largest absolute Gasteiger partial charge is 0.481 e. The van der Waals surface area contributed by atoms with Crippen molar-refractivity contribution in [3.63, 3.8) is 0 Å². The van der Waals surface area contributed by atoms with E-state index in [1.54, 1.807) is 0 Å². The minimum Gasteiger partial charge on any atom is -0.481 e. The molecule has 1 rings (SSSR count). The lowest BCUT2D eigenvalue weighted by molar-refractivity contribution is -0.179. The number of alkyl halides is 3. The highest BCUT2D eigenvalue weighted by atomic mass is 19.3. The minimum absolute atomic E-state index is 0.732. The van der Waals surface area contributed by atoms with Crippen molar-refractivity contribution in [2.75, 3.05) is 0 Å². The Balaban J connectivity index is 3.35. The van der Waals surface area contributed by atoms with Crippen molar-refractivity contribution in [2.24, 2.45) is 10.8 Å². The van der Waals surface area contributed by atoms with Gasteiger partial charge in [-0.2, -0.15) is 0 Å². The van der Waals surface area contributed by atoms with E-state index in [9.17, 15) is 22.8 Å². The molecule has 96 valence electrons. The van der Waals surface area contributed by atoms with Crippen LogP contribution in [0.3, 0.4) is 0 Å². The van der Waals surface area contributed by atoms with E-state index in [4.69, 9.17) is 10.2 Å². The monoisotopic (exact) mass is 252 g/mol. The van der Waals surface area contributed by atoms with Crippen LogP contribution in [0, 0.1) is 10.8 Å². The molecule has 1 aliphatic carbocycles. The molecule has 0 aromatic heterocycles. The Kier molecular flexibility index (Phi) is 3.22. The van der Waals surface area contributed by atoms with Crippen LogP contribution in [0.2, 0.25) is 0 Å². The maximum absolute atomic E-state index is 14.0. The molecule has 0 saturated carbocycles. The summed E-state index contributed by atoms with van der Waals surface area (Å²) in [5.74, 6) is -3.70. The Bertz CT molecular complexity index is 382. The molecule has 3 unspecified atom stereocenters. The van der Waals surface area contributed by atoms with Crippen LogP contribution in [0.4, 0.5) is 13.2 Å². The minimum atomic E-state index is -3.49. The van der Waals surface area contributed by atoms with Gasteiger partial charge in [-0.3, -0.25) is 9.59 Å². The number of carboxylic acid groups (broad SMARTS) is 2. The van der Waals surface area contributed by atoms with E-state index in [2.05, 4.69) is 0 Å². The van der Waals surface area contributed by atoms with Gasteiger partial charge in [0.15, 0.2) is 5.41 Å². The van der Waals surface area contributed by atoms with E-state index < -0.39 is 41.8 Å². The van der Waals surface area contributed by atoms with Crippen LogP contribution in [-0.4, -0.2) is 34.7 Å². The molecule has 1 aliphatic rings. The van der Waals surface area contributed by atoms with Crippen molar-refractivity contribution in [1.29, 1.82) is 0 Å². The molecule has 0 fully saturated rings. The Morgan fingerprint density at radius 1 is 1.35 bits per heavy atom. The number of aliphatic carboxylic acids is 2. The van der Waals surface area contributed by atoms with Crippen molar-refractivity contribution in [3.8, 4) is 0 Å². The Hall–Kier alpha value is -1.53. The Morgan fingerprint density at radius 3 is 2.24 bits per heavy atom. The summed E-state index contributed by atoms with van der Waals surface area (Å²) in [4.78, 5) is 21.8. The molecule has 0 aromatic rings. The van der Waals surface area contributed by atoms with Gasteiger partial charge in [-0.1, -0.05) is 12.2 Å². The second kappa shape index (κ2) is 4.05. The topological polar surface area (TPSA) is 74.6 Å². The molecule has 0 spiro atoms.